The minimum Gasteiger partial charge on any atom is -0.328 e. The molecule has 3 aromatic heterocycles. The van der Waals surface area contributed by atoms with Crippen molar-refractivity contribution in [1.29, 1.82) is 0 Å². The van der Waals surface area contributed by atoms with Crippen molar-refractivity contribution < 1.29 is 9.18 Å². The van der Waals surface area contributed by atoms with Crippen molar-refractivity contribution in [2.45, 2.75) is 0 Å². The number of benzene rings is 1. The van der Waals surface area contributed by atoms with Gasteiger partial charge in [-0.05, 0) is 42.5 Å². The van der Waals surface area contributed by atoms with Crippen LogP contribution in [-0.2, 0) is 0 Å². The van der Waals surface area contributed by atoms with Crippen LogP contribution in [0.3, 0.4) is 0 Å². The Morgan fingerprint density at radius 3 is 2.70 bits per heavy atom. The van der Waals surface area contributed by atoms with E-state index in [0.717, 1.165) is 5.69 Å². The van der Waals surface area contributed by atoms with Gasteiger partial charge in [0.2, 0.25) is 0 Å². The third kappa shape index (κ3) is 3.32. The second-order valence-corrected chi connectivity index (χ2v) is 5.84. The van der Waals surface area contributed by atoms with Gasteiger partial charge in [-0.2, -0.15) is 5.10 Å². The van der Waals surface area contributed by atoms with E-state index in [1.165, 1.54) is 35.0 Å². The van der Waals surface area contributed by atoms with Crippen molar-refractivity contribution in [2.75, 3.05) is 17.3 Å². The number of anilines is 3. The summed E-state index contributed by atoms with van der Waals surface area (Å²) >= 11 is 0. The van der Waals surface area contributed by atoms with Gasteiger partial charge in [-0.3, -0.25) is 9.78 Å². The van der Waals surface area contributed by atoms with Crippen molar-refractivity contribution in [3.05, 3.63) is 78.6 Å². The number of hydrogen-bond donors (Lipinski definition) is 1. The lowest BCUT2D eigenvalue weighted by Crippen LogP contribution is -2.14. The molecule has 0 radical (unpaired) electrons. The number of amides is 1. The van der Waals surface area contributed by atoms with E-state index >= 15 is 0 Å². The summed E-state index contributed by atoms with van der Waals surface area (Å²) in [6.45, 7) is 0. The highest BCUT2D eigenvalue weighted by Crippen LogP contribution is 2.22. The Labute approximate surface area is 154 Å². The van der Waals surface area contributed by atoms with E-state index in [9.17, 15) is 9.18 Å². The fourth-order valence-electron chi connectivity index (χ4n) is 2.62. The number of fused-ring (bicyclic) bond motifs is 1. The number of nitrogens with zero attached hydrogens (tertiary/aromatic N) is 5. The predicted molar refractivity (Wildman–Crippen MR) is 99.6 cm³/mol. The Morgan fingerprint density at radius 2 is 1.96 bits per heavy atom. The normalized spacial score (nSPS) is 10.7. The number of aromatic nitrogens is 4. The molecule has 7 nitrogen and oxygen atoms in total. The number of pyridine rings is 1. The van der Waals surface area contributed by atoms with E-state index < -0.39 is 0 Å². The largest absolute Gasteiger partial charge is 0.328 e. The van der Waals surface area contributed by atoms with Gasteiger partial charge in [0.25, 0.3) is 5.91 Å². The van der Waals surface area contributed by atoms with Crippen molar-refractivity contribution >= 4 is 28.7 Å². The maximum absolute atomic E-state index is 13.0. The van der Waals surface area contributed by atoms with Crippen LogP contribution < -0.4 is 10.2 Å². The zero-order valence-corrected chi connectivity index (χ0v) is 14.4. The van der Waals surface area contributed by atoms with Gasteiger partial charge in [-0.25, -0.2) is 13.9 Å². The lowest BCUT2D eigenvalue weighted by Gasteiger charge is -2.17. The molecule has 0 saturated heterocycles. The fraction of sp³-hybridized carbons (Fsp3) is 0.0526. The van der Waals surface area contributed by atoms with Gasteiger partial charge in [0, 0.05) is 25.1 Å². The number of carbonyl (C=O) groups excluding carboxylic acids is 1. The van der Waals surface area contributed by atoms with Gasteiger partial charge in [0.1, 0.15) is 17.2 Å². The maximum atomic E-state index is 13.0. The van der Waals surface area contributed by atoms with Gasteiger partial charge in [0.15, 0.2) is 5.65 Å². The molecule has 134 valence electrons. The summed E-state index contributed by atoms with van der Waals surface area (Å²) in [5, 5.41) is 6.89. The molecule has 4 rings (SSSR count). The van der Waals surface area contributed by atoms with Crippen LogP contribution >= 0.6 is 0 Å². The summed E-state index contributed by atoms with van der Waals surface area (Å²) in [4.78, 5) is 23.1. The fourth-order valence-corrected chi connectivity index (χ4v) is 2.62. The first-order valence-electron chi connectivity index (χ1n) is 8.17. The molecule has 8 heteroatoms. The van der Waals surface area contributed by atoms with Crippen LogP contribution in [0.1, 0.15) is 10.4 Å². The summed E-state index contributed by atoms with van der Waals surface area (Å²) in [5.74, 6) is -0.0918. The molecule has 0 saturated carbocycles. The maximum Gasteiger partial charge on any atom is 0.261 e. The molecule has 0 aliphatic heterocycles. The van der Waals surface area contributed by atoms with E-state index in [2.05, 4.69) is 20.4 Å². The first kappa shape index (κ1) is 16.6. The Balaban J connectivity index is 1.65. The van der Waals surface area contributed by atoms with Gasteiger partial charge < -0.3 is 10.2 Å². The Hall–Kier alpha value is -3.81. The second kappa shape index (κ2) is 6.83. The molecule has 0 aliphatic rings. The third-order valence-electron chi connectivity index (χ3n) is 4.08. The monoisotopic (exact) mass is 362 g/mol. The minimum absolute atomic E-state index is 0.320. The molecule has 3 heterocycles. The van der Waals surface area contributed by atoms with Crippen molar-refractivity contribution in [3.8, 4) is 0 Å². The molecule has 0 aliphatic carbocycles. The van der Waals surface area contributed by atoms with Crippen LogP contribution in [0.25, 0.3) is 5.65 Å². The molecule has 0 spiro atoms. The van der Waals surface area contributed by atoms with Gasteiger partial charge >= 0.3 is 0 Å². The van der Waals surface area contributed by atoms with E-state index in [0.29, 0.717) is 22.7 Å². The molecule has 1 aromatic carbocycles. The zero-order chi connectivity index (χ0) is 18.8. The van der Waals surface area contributed by atoms with Gasteiger partial charge in [-0.15, -0.1) is 0 Å². The molecule has 4 aromatic rings. The first-order chi connectivity index (χ1) is 13.1. The highest BCUT2D eigenvalue weighted by Gasteiger charge is 2.16. The molecule has 1 N–H and O–H groups in total. The average Bonchev–Trinajstić information content (AvgIpc) is 3.13. The summed E-state index contributed by atoms with van der Waals surface area (Å²) in [7, 11) is 1.87. The van der Waals surface area contributed by atoms with Crippen LogP contribution in [0.2, 0.25) is 0 Å². The van der Waals surface area contributed by atoms with Crippen LogP contribution in [0.15, 0.2) is 67.3 Å². The Bertz CT molecular complexity index is 1090. The highest BCUT2D eigenvalue weighted by atomic mass is 19.1. The standard InChI is InChI=1S/C19H15FN6O/c1-25(15-3-2-9-21-11-15)17-8-10-26-18(24-17)16(12-22-26)19(27)23-14-6-4-13(20)5-7-14/h2-12H,1H3,(H,23,27). The van der Waals surface area contributed by atoms with Gasteiger partial charge in [-0.1, -0.05) is 0 Å². The van der Waals surface area contributed by atoms with Gasteiger partial charge in [0.05, 0.1) is 18.1 Å². The highest BCUT2D eigenvalue weighted by molar-refractivity contribution is 6.08. The summed E-state index contributed by atoms with van der Waals surface area (Å²) < 4.78 is 14.5. The molecule has 27 heavy (non-hydrogen) atoms. The molecular weight excluding hydrogens is 347 g/mol. The number of halogens is 1. The van der Waals surface area contributed by atoms with Crippen molar-refractivity contribution in [2.24, 2.45) is 0 Å². The number of nitrogens with one attached hydrogen (secondary N) is 1. The minimum atomic E-state index is -0.370. The Kier molecular flexibility index (Phi) is 4.21. The first-order valence-corrected chi connectivity index (χ1v) is 8.17. The van der Waals surface area contributed by atoms with E-state index in [1.807, 2.05) is 24.1 Å². The van der Waals surface area contributed by atoms with Crippen LogP contribution in [-0.4, -0.2) is 32.5 Å². The number of carbonyl (C=O) groups is 1. The molecule has 0 atom stereocenters. The number of hydrogen-bond acceptors (Lipinski definition) is 5. The summed E-state index contributed by atoms with van der Waals surface area (Å²) in [6, 6.07) is 11.1. The van der Waals surface area contributed by atoms with Crippen LogP contribution in [0.5, 0.6) is 0 Å². The summed E-state index contributed by atoms with van der Waals surface area (Å²) in [6.07, 6.45) is 6.61. The van der Waals surface area contributed by atoms with E-state index in [1.54, 1.807) is 24.7 Å². The lowest BCUT2D eigenvalue weighted by atomic mass is 10.2. The molecule has 0 bridgehead atoms. The van der Waals surface area contributed by atoms with Crippen LogP contribution in [0, 0.1) is 5.82 Å². The van der Waals surface area contributed by atoms with Crippen molar-refractivity contribution in [1.82, 2.24) is 19.6 Å². The molecule has 0 fully saturated rings. The quantitative estimate of drug-likeness (QED) is 0.603. The molecule has 0 unspecified atom stereocenters. The SMILES string of the molecule is CN(c1cccnc1)c1ccn2ncc(C(=O)Nc3ccc(F)cc3)c2n1. The number of rotatable bonds is 4. The average molecular weight is 362 g/mol. The summed E-state index contributed by atoms with van der Waals surface area (Å²) in [5.41, 5.74) is 2.10. The lowest BCUT2D eigenvalue weighted by molar-refractivity contribution is 0.102. The Morgan fingerprint density at radius 1 is 1.15 bits per heavy atom. The molecule has 1 amide bonds. The zero-order valence-electron chi connectivity index (χ0n) is 14.4. The second-order valence-electron chi connectivity index (χ2n) is 5.84. The smallest absolute Gasteiger partial charge is 0.261 e. The van der Waals surface area contributed by atoms with Crippen LogP contribution in [0.4, 0.5) is 21.6 Å². The third-order valence-corrected chi connectivity index (χ3v) is 4.08. The topological polar surface area (TPSA) is 75.4 Å². The van der Waals surface area contributed by atoms with E-state index in [4.69, 9.17) is 0 Å². The van der Waals surface area contributed by atoms with Crippen molar-refractivity contribution in [3.63, 3.8) is 0 Å². The molecular formula is C19H15FN6O. The predicted octanol–water partition coefficient (Wildman–Crippen LogP) is 3.28. The van der Waals surface area contributed by atoms with E-state index in [-0.39, 0.29) is 11.7 Å².